The van der Waals surface area contributed by atoms with E-state index in [2.05, 4.69) is 6.07 Å². The van der Waals surface area contributed by atoms with Crippen molar-refractivity contribution in [1.29, 1.82) is 5.26 Å². The van der Waals surface area contributed by atoms with Gasteiger partial charge in [-0.15, -0.1) is 11.8 Å². The lowest BCUT2D eigenvalue weighted by atomic mass is 10.1. The Labute approximate surface area is 75.0 Å². The second-order valence-electron chi connectivity index (χ2n) is 2.89. The number of carbonyl (C=O) groups excluding carboxylic acids is 1. The van der Waals surface area contributed by atoms with E-state index in [0.29, 0.717) is 18.2 Å². The summed E-state index contributed by atoms with van der Waals surface area (Å²) in [4.78, 5) is 12.7. The van der Waals surface area contributed by atoms with Crippen LogP contribution in [0.3, 0.4) is 0 Å². The largest absolute Gasteiger partial charge is 0.306 e. The fraction of sp³-hybridized carbons (Fsp3) is 0.500. The Morgan fingerprint density at radius 1 is 1.83 bits per heavy atom. The third kappa shape index (κ3) is 1.10. The summed E-state index contributed by atoms with van der Waals surface area (Å²) in [7, 11) is 0. The number of β-lactam (4-membered cyclic amide) rings is 1. The molecule has 0 aromatic heterocycles. The predicted molar refractivity (Wildman–Crippen MR) is 46.0 cm³/mol. The van der Waals surface area contributed by atoms with Gasteiger partial charge < -0.3 is 4.90 Å². The lowest BCUT2D eigenvalue weighted by Gasteiger charge is -2.40. The lowest BCUT2D eigenvalue weighted by Crippen LogP contribution is -2.49. The molecule has 1 fully saturated rings. The van der Waals surface area contributed by atoms with Gasteiger partial charge in [-0.05, 0) is 5.57 Å². The zero-order valence-electron chi connectivity index (χ0n) is 6.49. The lowest BCUT2D eigenvalue weighted by molar-refractivity contribution is -0.137. The molecule has 3 nitrogen and oxygen atoms in total. The van der Waals surface area contributed by atoms with Crippen LogP contribution in [0.1, 0.15) is 12.8 Å². The maximum absolute atomic E-state index is 11.0. The molecule has 0 N–H and O–H groups in total. The van der Waals surface area contributed by atoms with Crippen LogP contribution < -0.4 is 0 Å². The van der Waals surface area contributed by atoms with Gasteiger partial charge >= 0.3 is 0 Å². The van der Waals surface area contributed by atoms with E-state index in [1.54, 1.807) is 16.7 Å². The molecule has 0 spiro atoms. The van der Waals surface area contributed by atoms with Crippen LogP contribution in [-0.4, -0.2) is 21.9 Å². The Hall–Kier alpha value is -0.950. The quantitative estimate of drug-likeness (QED) is 0.567. The topological polar surface area (TPSA) is 44.1 Å². The summed E-state index contributed by atoms with van der Waals surface area (Å²) >= 11 is 1.75. The van der Waals surface area contributed by atoms with Crippen LogP contribution in [-0.2, 0) is 4.79 Å². The standard InChI is InChI=1S/C8H8N2OS/c9-2-1-6-4-10-7(11)3-8(10)12-5-6/h4,8H,1,3,5H2. The Bertz CT molecular complexity index is 292. The van der Waals surface area contributed by atoms with Crippen molar-refractivity contribution in [2.75, 3.05) is 5.75 Å². The fourth-order valence-corrected chi connectivity index (χ4v) is 2.51. The zero-order valence-corrected chi connectivity index (χ0v) is 7.30. The summed E-state index contributed by atoms with van der Waals surface area (Å²) in [5, 5.41) is 8.81. The number of fused-ring (bicyclic) bond motifs is 1. The highest BCUT2D eigenvalue weighted by molar-refractivity contribution is 8.00. The van der Waals surface area contributed by atoms with Crippen LogP contribution in [0.2, 0.25) is 0 Å². The molecule has 1 saturated heterocycles. The second-order valence-corrected chi connectivity index (χ2v) is 4.06. The maximum Gasteiger partial charge on any atom is 0.230 e. The normalized spacial score (nSPS) is 26.9. The number of hydrogen-bond acceptors (Lipinski definition) is 3. The number of carbonyl (C=O) groups is 1. The van der Waals surface area contributed by atoms with Gasteiger partial charge in [-0.3, -0.25) is 4.79 Å². The van der Waals surface area contributed by atoms with Gasteiger partial charge in [0.05, 0.1) is 24.3 Å². The van der Waals surface area contributed by atoms with E-state index in [4.69, 9.17) is 5.26 Å². The Morgan fingerprint density at radius 2 is 2.67 bits per heavy atom. The fourth-order valence-electron chi connectivity index (χ4n) is 1.33. The zero-order chi connectivity index (χ0) is 8.55. The first-order valence-electron chi connectivity index (χ1n) is 3.80. The predicted octanol–water partition coefficient (Wildman–Crippen LogP) is 1.09. The summed E-state index contributed by atoms with van der Waals surface area (Å²) in [5.74, 6) is 1.09. The summed E-state index contributed by atoms with van der Waals surface area (Å²) in [6.07, 6.45) is 2.96. The second kappa shape index (κ2) is 2.83. The smallest absolute Gasteiger partial charge is 0.230 e. The van der Waals surface area contributed by atoms with E-state index in [1.807, 2.05) is 6.20 Å². The van der Waals surface area contributed by atoms with Gasteiger partial charge in [0.15, 0.2) is 0 Å². The monoisotopic (exact) mass is 180 g/mol. The molecule has 0 bridgehead atoms. The molecule has 62 valence electrons. The first-order valence-corrected chi connectivity index (χ1v) is 4.85. The molecule has 0 saturated carbocycles. The number of thioether (sulfide) groups is 1. The van der Waals surface area contributed by atoms with E-state index in [0.717, 1.165) is 11.3 Å². The summed E-state index contributed by atoms with van der Waals surface area (Å²) in [6, 6.07) is 2.09. The van der Waals surface area contributed by atoms with Gasteiger partial charge in [0.1, 0.15) is 0 Å². The minimum absolute atomic E-state index is 0.183. The van der Waals surface area contributed by atoms with E-state index < -0.39 is 0 Å². The third-order valence-corrected chi connectivity index (χ3v) is 3.35. The number of amides is 1. The number of nitrogens with zero attached hydrogens (tertiary/aromatic N) is 2. The number of hydrogen-bond donors (Lipinski definition) is 0. The number of rotatable bonds is 1. The van der Waals surface area contributed by atoms with Crippen LogP contribution in [0.15, 0.2) is 11.8 Å². The van der Waals surface area contributed by atoms with Gasteiger partial charge in [-0.2, -0.15) is 5.26 Å². The van der Waals surface area contributed by atoms with E-state index in [1.165, 1.54) is 0 Å². The Balaban J connectivity index is 2.10. The molecule has 2 aliphatic heterocycles. The van der Waals surface area contributed by atoms with Gasteiger partial charge in [0.2, 0.25) is 5.91 Å². The van der Waals surface area contributed by atoms with Crippen molar-refractivity contribution in [1.82, 2.24) is 4.90 Å². The van der Waals surface area contributed by atoms with Crippen LogP contribution in [0.25, 0.3) is 0 Å². The molecule has 1 amide bonds. The third-order valence-electron chi connectivity index (χ3n) is 2.04. The van der Waals surface area contributed by atoms with E-state index >= 15 is 0 Å². The highest BCUT2D eigenvalue weighted by atomic mass is 32.2. The summed E-state index contributed by atoms with van der Waals surface area (Å²) in [6.45, 7) is 0. The molecule has 2 aliphatic rings. The van der Waals surface area contributed by atoms with Gasteiger partial charge in [-0.1, -0.05) is 0 Å². The minimum atomic E-state index is 0.183. The van der Waals surface area contributed by atoms with Crippen molar-refractivity contribution >= 4 is 17.7 Å². The van der Waals surface area contributed by atoms with Crippen LogP contribution in [0.5, 0.6) is 0 Å². The molecular weight excluding hydrogens is 172 g/mol. The molecular formula is C8H8N2OS. The van der Waals surface area contributed by atoms with Crippen LogP contribution in [0.4, 0.5) is 0 Å². The average molecular weight is 180 g/mol. The first-order chi connectivity index (χ1) is 5.81. The summed E-state index contributed by atoms with van der Waals surface area (Å²) < 4.78 is 0. The van der Waals surface area contributed by atoms with Crippen LogP contribution >= 0.6 is 11.8 Å². The SMILES string of the molecule is N#CCC1=CN2C(=O)CC2SC1. The van der Waals surface area contributed by atoms with Crippen molar-refractivity contribution in [3.63, 3.8) is 0 Å². The molecule has 0 aliphatic carbocycles. The van der Waals surface area contributed by atoms with Crippen LogP contribution in [0, 0.1) is 11.3 Å². The molecule has 1 atom stereocenters. The van der Waals surface area contributed by atoms with Crippen molar-refractivity contribution in [3.05, 3.63) is 11.8 Å². The Kier molecular flexibility index (Phi) is 1.81. The highest BCUT2D eigenvalue weighted by Gasteiger charge is 2.37. The molecule has 4 heteroatoms. The van der Waals surface area contributed by atoms with E-state index in [-0.39, 0.29) is 5.91 Å². The first kappa shape index (κ1) is 7.69. The van der Waals surface area contributed by atoms with Gasteiger partial charge in [-0.25, -0.2) is 0 Å². The molecule has 1 unspecified atom stereocenters. The molecule has 2 rings (SSSR count). The van der Waals surface area contributed by atoms with Gasteiger partial charge in [0.25, 0.3) is 0 Å². The van der Waals surface area contributed by atoms with Crippen molar-refractivity contribution < 1.29 is 4.79 Å². The molecule has 0 aromatic carbocycles. The molecule has 2 heterocycles. The molecule has 0 aromatic rings. The highest BCUT2D eigenvalue weighted by Crippen LogP contribution is 2.35. The van der Waals surface area contributed by atoms with Crippen molar-refractivity contribution in [3.8, 4) is 6.07 Å². The minimum Gasteiger partial charge on any atom is -0.306 e. The molecule has 12 heavy (non-hydrogen) atoms. The summed E-state index contributed by atoms with van der Waals surface area (Å²) in [5.41, 5.74) is 1.06. The van der Waals surface area contributed by atoms with Gasteiger partial charge in [0, 0.05) is 12.0 Å². The van der Waals surface area contributed by atoms with Crippen molar-refractivity contribution in [2.45, 2.75) is 18.2 Å². The Morgan fingerprint density at radius 3 is 3.33 bits per heavy atom. The maximum atomic E-state index is 11.0. The average Bonchev–Trinajstić information content (AvgIpc) is 2.07. The van der Waals surface area contributed by atoms with Crippen molar-refractivity contribution in [2.24, 2.45) is 0 Å². The number of nitriles is 1. The van der Waals surface area contributed by atoms with E-state index in [9.17, 15) is 4.79 Å². The molecule has 0 radical (unpaired) electrons.